The van der Waals surface area contributed by atoms with Gasteiger partial charge in [0.15, 0.2) is 17.3 Å². The number of ketones is 1. The molecule has 0 aliphatic heterocycles. The van der Waals surface area contributed by atoms with Gasteiger partial charge in [0.1, 0.15) is 5.75 Å². The summed E-state index contributed by atoms with van der Waals surface area (Å²) in [6, 6.07) is 9.49. The van der Waals surface area contributed by atoms with Crippen molar-refractivity contribution < 1.29 is 28.6 Å². The van der Waals surface area contributed by atoms with E-state index >= 15 is 0 Å². The van der Waals surface area contributed by atoms with Crippen LogP contribution in [0.3, 0.4) is 0 Å². The van der Waals surface area contributed by atoms with Crippen LogP contribution in [0, 0.1) is 0 Å². The number of benzene rings is 2. The molecule has 0 radical (unpaired) electrons. The van der Waals surface area contributed by atoms with Crippen molar-refractivity contribution in [2.75, 3.05) is 26.1 Å². The number of hydrogen-bond acceptors (Lipinski definition) is 6. The van der Waals surface area contributed by atoms with Crippen LogP contribution >= 0.6 is 0 Å². The fourth-order valence-corrected chi connectivity index (χ4v) is 2.59. The Labute approximate surface area is 168 Å². The highest BCUT2D eigenvalue weighted by Crippen LogP contribution is 2.29. The number of anilines is 1. The number of methoxy groups -OCH3 is 2. The largest absolute Gasteiger partial charge is 0.495 e. The van der Waals surface area contributed by atoms with Crippen molar-refractivity contribution in [2.45, 2.75) is 19.8 Å². The summed E-state index contributed by atoms with van der Waals surface area (Å²) in [5, 5.41) is 2.71. The second kappa shape index (κ2) is 10.1. The summed E-state index contributed by atoms with van der Waals surface area (Å²) < 4.78 is 16.1. The normalized spacial score (nSPS) is 10.2. The number of ether oxygens (including phenoxy) is 3. The van der Waals surface area contributed by atoms with Crippen molar-refractivity contribution in [3.05, 3.63) is 47.5 Å². The quantitative estimate of drug-likeness (QED) is 0.468. The van der Waals surface area contributed by atoms with Crippen molar-refractivity contribution >= 4 is 23.3 Å². The van der Waals surface area contributed by atoms with Crippen molar-refractivity contribution in [1.82, 2.24) is 0 Å². The summed E-state index contributed by atoms with van der Waals surface area (Å²) in [7, 11) is 2.96. The summed E-state index contributed by atoms with van der Waals surface area (Å²) in [5.74, 6) is 0.454. The van der Waals surface area contributed by atoms with Crippen LogP contribution in [0.4, 0.5) is 5.69 Å². The van der Waals surface area contributed by atoms with Gasteiger partial charge < -0.3 is 25.3 Å². The standard InChI is InChI=1S/C21H24N2O6/c1-13(24)14-6-9-18(19(12-14)28-3)29-10-4-5-20(25)23-16-11-15(21(22)26)7-8-17(16)27-2/h6-9,11-12H,4-5,10H2,1-3H3,(H2,22,26)(H,23,25). The highest BCUT2D eigenvalue weighted by atomic mass is 16.5. The summed E-state index contributed by atoms with van der Waals surface area (Å²) in [6.07, 6.45) is 0.638. The highest BCUT2D eigenvalue weighted by molar-refractivity contribution is 5.97. The van der Waals surface area contributed by atoms with Gasteiger partial charge in [-0.25, -0.2) is 0 Å². The minimum atomic E-state index is -0.596. The molecule has 0 atom stereocenters. The molecule has 154 valence electrons. The number of carbonyl (C=O) groups excluding carboxylic acids is 3. The fraction of sp³-hybridized carbons (Fsp3) is 0.286. The Morgan fingerprint density at radius 1 is 0.931 bits per heavy atom. The lowest BCUT2D eigenvalue weighted by molar-refractivity contribution is -0.116. The molecule has 8 nitrogen and oxygen atoms in total. The molecule has 2 rings (SSSR count). The van der Waals surface area contributed by atoms with Crippen molar-refractivity contribution in [3.8, 4) is 17.2 Å². The Balaban J connectivity index is 1.90. The van der Waals surface area contributed by atoms with Crippen molar-refractivity contribution in [1.29, 1.82) is 0 Å². The molecule has 8 heteroatoms. The number of amides is 2. The predicted octanol–water partition coefficient (Wildman–Crippen LogP) is 2.80. The van der Waals surface area contributed by atoms with Crippen LogP contribution in [-0.2, 0) is 4.79 Å². The van der Waals surface area contributed by atoms with Gasteiger partial charge in [-0.15, -0.1) is 0 Å². The van der Waals surface area contributed by atoms with Crippen molar-refractivity contribution in [3.63, 3.8) is 0 Å². The summed E-state index contributed by atoms with van der Waals surface area (Å²) >= 11 is 0. The van der Waals surface area contributed by atoms with Crippen LogP contribution < -0.4 is 25.3 Å². The Hall–Kier alpha value is -3.55. The van der Waals surface area contributed by atoms with Crippen LogP contribution in [0.2, 0.25) is 0 Å². The smallest absolute Gasteiger partial charge is 0.248 e. The maximum absolute atomic E-state index is 12.2. The molecule has 2 amide bonds. The molecule has 0 saturated heterocycles. The van der Waals surface area contributed by atoms with Crippen LogP contribution in [-0.4, -0.2) is 38.4 Å². The van der Waals surface area contributed by atoms with Crippen molar-refractivity contribution in [2.24, 2.45) is 5.73 Å². The summed E-state index contributed by atoms with van der Waals surface area (Å²) in [6.45, 7) is 1.75. The number of primary amides is 1. The zero-order valence-electron chi connectivity index (χ0n) is 16.6. The summed E-state index contributed by atoms with van der Waals surface area (Å²) in [4.78, 5) is 35.0. The van der Waals surface area contributed by atoms with E-state index in [2.05, 4.69) is 5.32 Å². The van der Waals surface area contributed by atoms with E-state index < -0.39 is 5.91 Å². The highest BCUT2D eigenvalue weighted by Gasteiger charge is 2.12. The Kier molecular flexibility index (Phi) is 7.59. The number of carbonyl (C=O) groups is 3. The van der Waals surface area contributed by atoms with Gasteiger partial charge in [0, 0.05) is 17.5 Å². The lowest BCUT2D eigenvalue weighted by Crippen LogP contribution is -2.15. The Bertz CT molecular complexity index is 910. The molecular weight excluding hydrogens is 376 g/mol. The molecule has 3 N–H and O–H groups in total. The molecule has 2 aromatic carbocycles. The SMILES string of the molecule is COc1ccc(C(N)=O)cc1NC(=O)CCCOc1ccc(C(C)=O)cc1OC. The number of nitrogens with two attached hydrogens (primary N) is 1. The van der Waals surface area contributed by atoms with Gasteiger partial charge in [-0.1, -0.05) is 0 Å². The molecule has 0 aliphatic rings. The lowest BCUT2D eigenvalue weighted by Gasteiger charge is -2.13. The average molecular weight is 400 g/mol. The van der Waals surface area contributed by atoms with Crippen LogP contribution in [0.1, 0.15) is 40.5 Å². The molecular formula is C21H24N2O6. The molecule has 29 heavy (non-hydrogen) atoms. The number of rotatable bonds is 10. The van der Waals surface area contributed by atoms with Gasteiger partial charge in [0.25, 0.3) is 0 Å². The molecule has 0 heterocycles. The van der Waals surface area contributed by atoms with E-state index in [1.54, 1.807) is 24.3 Å². The molecule has 0 fully saturated rings. The van der Waals surface area contributed by atoms with E-state index in [0.29, 0.717) is 34.9 Å². The first-order chi connectivity index (χ1) is 13.8. The van der Waals surface area contributed by atoms with Gasteiger partial charge in [0.05, 0.1) is 26.5 Å². The van der Waals surface area contributed by atoms with E-state index in [4.69, 9.17) is 19.9 Å². The second-order valence-corrected chi connectivity index (χ2v) is 6.20. The lowest BCUT2D eigenvalue weighted by atomic mass is 10.1. The first-order valence-corrected chi connectivity index (χ1v) is 8.95. The molecule has 0 spiro atoms. The van der Waals surface area contributed by atoms with E-state index in [-0.39, 0.29) is 30.3 Å². The molecule has 0 saturated carbocycles. The van der Waals surface area contributed by atoms with E-state index in [0.717, 1.165) is 0 Å². The molecule has 0 unspecified atom stereocenters. The monoisotopic (exact) mass is 400 g/mol. The Morgan fingerprint density at radius 3 is 2.21 bits per heavy atom. The number of hydrogen-bond donors (Lipinski definition) is 2. The minimum absolute atomic E-state index is 0.0673. The number of nitrogens with one attached hydrogen (secondary N) is 1. The average Bonchev–Trinajstić information content (AvgIpc) is 2.70. The third-order valence-electron chi connectivity index (χ3n) is 4.13. The first kappa shape index (κ1) is 21.7. The van der Waals surface area contributed by atoms with Gasteiger partial charge in [-0.2, -0.15) is 0 Å². The molecule has 0 aliphatic carbocycles. The third kappa shape index (κ3) is 5.97. The predicted molar refractivity (Wildman–Crippen MR) is 108 cm³/mol. The zero-order valence-corrected chi connectivity index (χ0v) is 16.6. The van der Waals surface area contributed by atoms with Gasteiger partial charge >= 0.3 is 0 Å². The molecule has 0 aromatic heterocycles. The zero-order chi connectivity index (χ0) is 21.4. The second-order valence-electron chi connectivity index (χ2n) is 6.20. The van der Waals surface area contributed by atoms with Gasteiger partial charge in [-0.05, 0) is 49.7 Å². The van der Waals surface area contributed by atoms with Crippen LogP contribution in [0.5, 0.6) is 17.2 Å². The fourth-order valence-electron chi connectivity index (χ4n) is 2.59. The van der Waals surface area contributed by atoms with Gasteiger partial charge in [0.2, 0.25) is 11.8 Å². The van der Waals surface area contributed by atoms with E-state index in [1.807, 2.05) is 0 Å². The minimum Gasteiger partial charge on any atom is -0.495 e. The maximum atomic E-state index is 12.2. The topological polar surface area (TPSA) is 117 Å². The first-order valence-electron chi connectivity index (χ1n) is 8.95. The maximum Gasteiger partial charge on any atom is 0.248 e. The van der Waals surface area contributed by atoms with E-state index in [1.165, 1.54) is 33.3 Å². The molecule has 2 aromatic rings. The summed E-state index contributed by atoms with van der Waals surface area (Å²) in [5.41, 5.74) is 6.44. The van der Waals surface area contributed by atoms with Crippen LogP contribution in [0.15, 0.2) is 36.4 Å². The Morgan fingerprint density at radius 2 is 1.59 bits per heavy atom. The van der Waals surface area contributed by atoms with E-state index in [9.17, 15) is 14.4 Å². The third-order valence-corrected chi connectivity index (χ3v) is 4.13. The molecule has 0 bridgehead atoms. The van der Waals surface area contributed by atoms with Crippen LogP contribution in [0.25, 0.3) is 0 Å². The van der Waals surface area contributed by atoms with Gasteiger partial charge in [-0.3, -0.25) is 14.4 Å². The number of Topliss-reactive ketones (excluding diaryl/α,β-unsaturated/α-hetero) is 1.